The molecule has 0 unspecified atom stereocenters. The summed E-state index contributed by atoms with van der Waals surface area (Å²) in [5, 5.41) is 0. The molecule has 0 N–H and O–H groups in total. The van der Waals surface area contributed by atoms with Gasteiger partial charge in [-0.15, -0.1) is 0 Å². The molecule has 0 aromatic heterocycles. The Kier molecular flexibility index (Phi) is 2.86. The van der Waals surface area contributed by atoms with E-state index >= 15 is 0 Å². The molecule has 66 valence electrons. The van der Waals surface area contributed by atoms with Gasteiger partial charge in [0.25, 0.3) is 0 Å². The van der Waals surface area contributed by atoms with Gasteiger partial charge in [-0.2, -0.15) is 0 Å². The Labute approximate surface area is 66.4 Å². The summed E-state index contributed by atoms with van der Waals surface area (Å²) in [4.78, 5) is 0. The van der Waals surface area contributed by atoms with Crippen molar-refractivity contribution in [1.82, 2.24) is 0 Å². The van der Waals surface area contributed by atoms with Gasteiger partial charge in [0.15, 0.2) is 16.1 Å². The average molecular weight is 180 g/mol. The molecule has 4 nitrogen and oxygen atoms in total. The first kappa shape index (κ1) is 8.96. The van der Waals surface area contributed by atoms with Crippen LogP contribution in [-0.2, 0) is 19.3 Å². The highest BCUT2D eigenvalue weighted by Gasteiger charge is 2.22. The summed E-state index contributed by atoms with van der Waals surface area (Å²) >= 11 is 0. The molecule has 0 aromatic carbocycles. The molecule has 1 heterocycles. The lowest BCUT2D eigenvalue weighted by Gasteiger charge is -2.07. The molecule has 0 spiro atoms. The van der Waals surface area contributed by atoms with Gasteiger partial charge in [0, 0.05) is 5.75 Å². The molecule has 1 fully saturated rings. The minimum atomic E-state index is -2.95. The topological polar surface area (TPSA) is 52.6 Å². The third kappa shape index (κ3) is 2.76. The Balaban J connectivity index is 2.41. The summed E-state index contributed by atoms with van der Waals surface area (Å²) < 4.78 is 32.0. The molecule has 0 bridgehead atoms. The van der Waals surface area contributed by atoms with E-state index in [0.717, 1.165) is 0 Å². The lowest BCUT2D eigenvalue weighted by atomic mass is 10.8. The van der Waals surface area contributed by atoms with Crippen LogP contribution in [0.3, 0.4) is 0 Å². The first-order valence-electron chi connectivity index (χ1n) is 3.57. The van der Waals surface area contributed by atoms with E-state index in [-0.39, 0.29) is 11.5 Å². The van der Waals surface area contributed by atoms with Gasteiger partial charge in [-0.05, 0) is 0 Å². The molecular weight excluding hydrogens is 168 g/mol. The van der Waals surface area contributed by atoms with E-state index in [1.165, 1.54) is 0 Å². The Bertz CT molecular complexity index is 203. The fraction of sp³-hybridized carbons (Fsp3) is 1.00. The Morgan fingerprint density at radius 2 is 1.91 bits per heavy atom. The second-order valence-electron chi connectivity index (χ2n) is 2.37. The Hall–Kier alpha value is -0.130. The third-order valence-corrected chi connectivity index (χ3v) is 3.18. The Morgan fingerprint density at radius 1 is 1.36 bits per heavy atom. The summed E-state index contributed by atoms with van der Waals surface area (Å²) in [5.74, 6) is 0.139. The van der Waals surface area contributed by atoms with Crippen LogP contribution in [0.1, 0.15) is 6.92 Å². The molecule has 0 aliphatic carbocycles. The van der Waals surface area contributed by atoms with Crippen molar-refractivity contribution in [3.63, 3.8) is 0 Å². The number of ether oxygens (including phenoxy) is 2. The van der Waals surface area contributed by atoms with Crippen molar-refractivity contribution in [3.05, 3.63) is 0 Å². The highest BCUT2D eigenvalue weighted by Crippen LogP contribution is 2.06. The van der Waals surface area contributed by atoms with E-state index in [1.54, 1.807) is 6.92 Å². The van der Waals surface area contributed by atoms with E-state index in [4.69, 9.17) is 9.47 Å². The molecule has 1 rings (SSSR count). The van der Waals surface area contributed by atoms with Crippen LogP contribution in [0.15, 0.2) is 0 Å². The molecule has 5 heteroatoms. The van der Waals surface area contributed by atoms with Gasteiger partial charge in [0.1, 0.15) is 5.75 Å². The monoisotopic (exact) mass is 180 g/mol. The zero-order valence-electron chi connectivity index (χ0n) is 6.45. The van der Waals surface area contributed by atoms with Crippen LogP contribution in [0, 0.1) is 0 Å². The van der Waals surface area contributed by atoms with Crippen LogP contribution in [0.4, 0.5) is 0 Å². The maximum Gasteiger partial charge on any atom is 0.171 e. The minimum Gasteiger partial charge on any atom is -0.349 e. The van der Waals surface area contributed by atoms with Gasteiger partial charge in [0.2, 0.25) is 0 Å². The fourth-order valence-corrected chi connectivity index (χ4v) is 1.67. The van der Waals surface area contributed by atoms with Crippen LogP contribution in [0.5, 0.6) is 0 Å². The minimum absolute atomic E-state index is 0.0104. The second-order valence-corrected chi connectivity index (χ2v) is 4.77. The summed E-state index contributed by atoms with van der Waals surface area (Å²) in [6.45, 7) is 2.62. The van der Waals surface area contributed by atoms with Gasteiger partial charge in [-0.3, -0.25) is 0 Å². The molecule has 0 amide bonds. The summed E-state index contributed by atoms with van der Waals surface area (Å²) in [6, 6.07) is 0. The van der Waals surface area contributed by atoms with Crippen molar-refractivity contribution in [2.75, 3.05) is 24.7 Å². The van der Waals surface area contributed by atoms with Gasteiger partial charge < -0.3 is 9.47 Å². The smallest absolute Gasteiger partial charge is 0.171 e. The predicted octanol–water partition coefficient (Wildman–Crippen LogP) is -0.206. The maximum absolute atomic E-state index is 11.0. The number of hydrogen-bond donors (Lipinski definition) is 0. The first-order valence-corrected chi connectivity index (χ1v) is 5.40. The lowest BCUT2D eigenvalue weighted by Crippen LogP contribution is -2.22. The second kappa shape index (κ2) is 3.51. The van der Waals surface area contributed by atoms with Gasteiger partial charge >= 0.3 is 0 Å². The fourth-order valence-electron chi connectivity index (χ4n) is 0.829. The third-order valence-electron chi connectivity index (χ3n) is 1.52. The zero-order valence-corrected chi connectivity index (χ0v) is 7.26. The normalized spacial score (nSPS) is 20.8. The van der Waals surface area contributed by atoms with E-state index < -0.39 is 16.1 Å². The average Bonchev–Trinajstić information content (AvgIpc) is 2.39. The summed E-state index contributed by atoms with van der Waals surface area (Å²) in [5.41, 5.74) is 0. The van der Waals surface area contributed by atoms with Crippen LogP contribution in [0.2, 0.25) is 0 Å². The van der Waals surface area contributed by atoms with Crippen molar-refractivity contribution in [2.45, 2.75) is 13.2 Å². The quantitative estimate of drug-likeness (QED) is 0.603. The van der Waals surface area contributed by atoms with Crippen molar-refractivity contribution in [3.8, 4) is 0 Å². The number of hydrogen-bond acceptors (Lipinski definition) is 4. The summed E-state index contributed by atoms with van der Waals surface area (Å²) in [6.07, 6.45) is -0.528. The molecule has 0 atom stereocenters. The first-order chi connectivity index (χ1) is 5.14. The molecule has 0 aromatic rings. The van der Waals surface area contributed by atoms with Gasteiger partial charge in [-0.25, -0.2) is 8.42 Å². The van der Waals surface area contributed by atoms with Crippen molar-refractivity contribution < 1.29 is 17.9 Å². The Morgan fingerprint density at radius 3 is 2.36 bits per heavy atom. The number of rotatable bonds is 3. The molecule has 0 radical (unpaired) electrons. The van der Waals surface area contributed by atoms with E-state index in [0.29, 0.717) is 13.2 Å². The highest BCUT2D eigenvalue weighted by molar-refractivity contribution is 7.91. The summed E-state index contributed by atoms with van der Waals surface area (Å²) in [7, 11) is -2.95. The van der Waals surface area contributed by atoms with E-state index in [9.17, 15) is 8.42 Å². The van der Waals surface area contributed by atoms with E-state index in [1.807, 2.05) is 0 Å². The molecule has 11 heavy (non-hydrogen) atoms. The van der Waals surface area contributed by atoms with Crippen LogP contribution >= 0.6 is 0 Å². The standard InChI is InChI=1S/C6H12O4S/c1-2-11(7,8)5-6-9-3-4-10-6/h6H,2-5H2,1H3. The maximum atomic E-state index is 11.0. The van der Waals surface area contributed by atoms with Crippen molar-refractivity contribution >= 4 is 9.84 Å². The molecule has 1 aliphatic heterocycles. The van der Waals surface area contributed by atoms with Crippen molar-refractivity contribution in [1.29, 1.82) is 0 Å². The van der Waals surface area contributed by atoms with Crippen LogP contribution < -0.4 is 0 Å². The SMILES string of the molecule is CCS(=O)(=O)CC1OCCO1. The van der Waals surface area contributed by atoms with Gasteiger partial charge in [-0.1, -0.05) is 6.92 Å². The highest BCUT2D eigenvalue weighted by atomic mass is 32.2. The number of sulfone groups is 1. The predicted molar refractivity (Wildman–Crippen MR) is 40.0 cm³/mol. The molecular formula is C6H12O4S. The van der Waals surface area contributed by atoms with Crippen molar-refractivity contribution in [2.24, 2.45) is 0 Å². The van der Waals surface area contributed by atoms with Gasteiger partial charge in [0.05, 0.1) is 13.2 Å². The zero-order chi connectivity index (χ0) is 8.32. The molecule has 1 aliphatic rings. The van der Waals surface area contributed by atoms with Crippen LogP contribution in [0.25, 0.3) is 0 Å². The lowest BCUT2D eigenvalue weighted by molar-refractivity contribution is -0.0226. The molecule has 0 saturated carbocycles. The van der Waals surface area contributed by atoms with E-state index in [2.05, 4.69) is 0 Å². The largest absolute Gasteiger partial charge is 0.349 e. The van der Waals surface area contributed by atoms with Crippen LogP contribution in [-0.4, -0.2) is 39.4 Å². The molecule has 1 saturated heterocycles.